The Morgan fingerprint density at radius 3 is 2.69 bits per heavy atom. The summed E-state index contributed by atoms with van der Waals surface area (Å²) in [5.74, 6) is 0.366. The Labute approximate surface area is 164 Å². The predicted octanol–water partition coefficient (Wildman–Crippen LogP) is 4.82. The Bertz CT molecular complexity index is 648. The first-order valence-corrected chi connectivity index (χ1v) is 10.9. The van der Waals surface area contributed by atoms with Gasteiger partial charge in [0.05, 0.1) is 6.61 Å². The maximum absolute atomic E-state index is 13.2. The summed E-state index contributed by atoms with van der Waals surface area (Å²) in [4.78, 5) is 27.7. The first kappa shape index (κ1) is 19.6. The molecule has 142 valence electrons. The molecule has 2 fully saturated rings. The van der Waals surface area contributed by atoms with Gasteiger partial charge in [-0.2, -0.15) is 0 Å². The number of hydrogen-bond acceptors (Lipinski definition) is 4. The van der Waals surface area contributed by atoms with Gasteiger partial charge in [-0.05, 0) is 25.3 Å². The zero-order valence-electron chi connectivity index (χ0n) is 15.2. The minimum Gasteiger partial charge on any atom is -0.464 e. The average molecular weight is 396 g/mol. The topological polar surface area (TPSA) is 46.6 Å². The second-order valence-electron chi connectivity index (χ2n) is 6.97. The lowest BCUT2D eigenvalue weighted by Crippen LogP contribution is -2.46. The number of thioether (sulfide) groups is 1. The first-order chi connectivity index (χ1) is 12.6. The number of carbonyl (C=O) groups is 2. The molecule has 26 heavy (non-hydrogen) atoms. The third-order valence-corrected chi connectivity index (χ3v) is 6.79. The van der Waals surface area contributed by atoms with Gasteiger partial charge in [0.15, 0.2) is 0 Å². The van der Waals surface area contributed by atoms with Gasteiger partial charge in [-0.3, -0.25) is 4.79 Å². The summed E-state index contributed by atoms with van der Waals surface area (Å²) in [6, 6.07) is 7.06. The lowest BCUT2D eigenvalue weighted by atomic mass is 10.0. The van der Waals surface area contributed by atoms with Crippen molar-refractivity contribution in [2.24, 2.45) is 5.92 Å². The molecular weight excluding hydrogens is 370 g/mol. The van der Waals surface area contributed by atoms with Crippen LogP contribution in [0.25, 0.3) is 0 Å². The molecule has 0 aromatic heterocycles. The number of hydrogen-bond donors (Lipinski definition) is 0. The fourth-order valence-corrected chi connectivity index (χ4v) is 5.43. The molecule has 1 amide bonds. The number of ether oxygens (including phenoxy) is 1. The van der Waals surface area contributed by atoms with E-state index in [-0.39, 0.29) is 23.2 Å². The number of rotatable bonds is 6. The number of carbonyl (C=O) groups excluding carboxylic acids is 2. The van der Waals surface area contributed by atoms with Gasteiger partial charge in [-0.1, -0.05) is 56.0 Å². The van der Waals surface area contributed by atoms with E-state index in [4.69, 9.17) is 16.3 Å². The Morgan fingerprint density at radius 1 is 1.27 bits per heavy atom. The third kappa shape index (κ3) is 4.20. The zero-order chi connectivity index (χ0) is 18.5. The summed E-state index contributed by atoms with van der Waals surface area (Å²) in [6.45, 7) is 2.47. The van der Waals surface area contributed by atoms with Crippen LogP contribution in [-0.2, 0) is 14.3 Å². The van der Waals surface area contributed by atoms with Crippen molar-refractivity contribution in [2.75, 3.05) is 12.4 Å². The third-order valence-electron chi connectivity index (χ3n) is 5.14. The summed E-state index contributed by atoms with van der Waals surface area (Å²) in [5, 5.41) is 0.412. The molecule has 6 heteroatoms. The van der Waals surface area contributed by atoms with Crippen molar-refractivity contribution >= 4 is 35.2 Å². The molecule has 1 saturated carbocycles. The van der Waals surface area contributed by atoms with Crippen LogP contribution in [0.4, 0.5) is 0 Å². The van der Waals surface area contributed by atoms with Gasteiger partial charge in [0.1, 0.15) is 11.4 Å². The lowest BCUT2D eigenvalue weighted by Gasteiger charge is -2.31. The van der Waals surface area contributed by atoms with E-state index in [1.807, 2.05) is 24.3 Å². The van der Waals surface area contributed by atoms with E-state index < -0.39 is 6.04 Å². The fourth-order valence-electron chi connectivity index (χ4n) is 3.67. The van der Waals surface area contributed by atoms with Gasteiger partial charge in [-0.15, -0.1) is 11.8 Å². The van der Waals surface area contributed by atoms with Gasteiger partial charge < -0.3 is 9.64 Å². The number of nitrogens with zero attached hydrogens (tertiary/aromatic N) is 1. The van der Waals surface area contributed by atoms with E-state index in [0.717, 1.165) is 44.1 Å². The highest BCUT2D eigenvalue weighted by Gasteiger charge is 2.45. The van der Waals surface area contributed by atoms with Crippen LogP contribution in [0.1, 0.15) is 56.4 Å². The maximum atomic E-state index is 13.2. The Balaban J connectivity index is 1.83. The van der Waals surface area contributed by atoms with Crippen LogP contribution in [0, 0.1) is 5.92 Å². The van der Waals surface area contributed by atoms with Gasteiger partial charge in [0.25, 0.3) is 0 Å². The maximum Gasteiger partial charge on any atom is 0.329 e. The number of esters is 1. The smallest absolute Gasteiger partial charge is 0.329 e. The van der Waals surface area contributed by atoms with Gasteiger partial charge in [0, 0.05) is 22.3 Å². The van der Waals surface area contributed by atoms with Crippen molar-refractivity contribution < 1.29 is 14.3 Å². The Morgan fingerprint density at radius 2 is 2.00 bits per heavy atom. The summed E-state index contributed by atoms with van der Waals surface area (Å²) in [7, 11) is 0. The molecular formula is C20H26ClNO3S. The number of halogens is 1. The molecule has 2 aliphatic rings. The van der Waals surface area contributed by atoms with Crippen LogP contribution in [0.5, 0.6) is 0 Å². The zero-order valence-corrected chi connectivity index (χ0v) is 16.7. The monoisotopic (exact) mass is 395 g/mol. The summed E-state index contributed by atoms with van der Waals surface area (Å²) >= 11 is 8.00. The molecule has 1 saturated heterocycles. The van der Waals surface area contributed by atoms with E-state index >= 15 is 0 Å². The summed E-state index contributed by atoms with van der Waals surface area (Å²) < 4.78 is 5.44. The van der Waals surface area contributed by atoms with Crippen LogP contribution in [0.3, 0.4) is 0 Å². The average Bonchev–Trinajstić information content (AvgIpc) is 3.32. The molecule has 0 radical (unpaired) electrons. The molecule has 2 unspecified atom stereocenters. The quantitative estimate of drug-likeness (QED) is 0.512. The van der Waals surface area contributed by atoms with Gasteiger partial charge in [0.2, 0.25) is 5.91 Å². The number of unbranched alkanes of at least 4 members (excludes halogenated alkanes) is 1. The van der Waals surface area contributed by atoms with Crippen molar-refractivity contribution in [3.05, 3.63) is 34.9 Å². The van der Waals surface area contributed by atoms with Crippen LogP contribution >= 0.6 is 23.4 Å². The van der Waals surface area contributed by atoms with Crippen molar-refractivity contribution in [1.29, 1.82) is 0 Å². The minimum absolute atomic E-state index is 0.0182. The summed E-state index contributed by atoms with van der Waals surface area (Å²) in [6.07, 6.45) is 5.80. The molecule has 1 aromatic carbocycles. The predicted molar refractivity (Wildman–Crippen MR) is 105 cm³/mol. The molecule has 0 bridgehead atoms. The van der Waals surface area contributed by atoms with Crippen LogP contribution in [0.2, 0.25) is 5.02 Å². The van der Waals surface area contributed by atoms with Crippen LogP contribution in [0.15, 0.2) is 24.3 Å². The number of benzene rings is 1. The highest BCUT2D eigenvalue weighted by atomic mass is 35.5. The largest absolute Gasteiger partial charge is 0.464 e. The van der Waals surface area contributed by atoms with Gasteiger partial charge >= 0.3 is 5.97 Å². The summed E-state index contributed by atoms with van der Waals surface area (Å²) in [5.41, 5.74) is 0.898. The highest BCUT2D eigenvalue weighted by molar-refractivity contribution is 7.99. The van der Waals surface area contributed by atoms with Gasteiger partial charge in [-0.25, -0.2) is 4.79 Å². The lowest BCUT2D eigenvalue weighted by molar-refractivity contribution is -0.155. The van der Waals surface area contributed by atoms with E-state index in [0.29, 0.717) is 17.4 Å². The van der Waals surface area contributed by atoms with Crippen molar-refractivity contribution in [3.8, 4) is 0 Å². The molecule has 1 aromatic rings. The highest BCUT2D eigenvalue weighted by Crippen LogP contribution is 2.45. The second kappa shape index (κ2) is 9.14. The van der Waals surface area contributed by atoms with E-state index in [2.05, 4.69) is 6.92 Å². The Hall–Kier alpha value is -1.20. The normalized spacial score (nSPS) is 23.4. The molecule has 0 N–H and O–H groups in total. The molecule has 3 rings (SSSR count). The molecule has 1 aliphatic carbocycles. The van der Waals surface area contributed by atoms with Crippen molar-refractivity contribution in [3.63, 3.8) is 0 Å². The van der Waals surface area contributed by atoms with Crippen LogP contribution < -0.4 is 0 Å². The molecule has 1 heterocycles. The van der Waals surface area contributed by atoms with E-state index in [9.17, 15) is 9.59 Å². The van der Waals surface area contributed by atoms with E-state index in [1.165, 1.54) is 0 Å². The van der Waals surface area contributed by atoms with Crippen molar-refractivity contribution in [1.82, 2.24) is 4.90 Å². The minimum atomic E-state index is -0.522. The number of amides is 1. The molecule has 1 aliphatic heterocycles. The second-order valence-corrected chi connectivity index (χ2v) is 8.49. The molecule has 0 spiro atoms. The Kier molecular flexibility index (Phi) is 6.87. The van der Waals surface area contributed by atoms with Crippen molar-refractivity contribution in [2.45, 2.75) is 56.9 Å². The molecule has 2 atom stereocenters. The fraction of sp³-hybridized carbons (Fsp3) is 0.600. The first-order valence-electron chi connectivity index (χ1n) is 9.48. The standard InChI is InChI=1S/C20H26ClNO3S/c1-2-3-12-25-20(24)17-13-26-19(15-10-6-7-11-16(15)21)22(17)18(23)14-8-4-5-9-14/h6-7,10-11,14,17,19H,2-5,8-9,12-13H2,1H3. The van der Waals surface area contributed by atoms with E-state index in [1.54, 1.807) is 16.7 Å². The molecule has 4 nitrogen and oxygen atoms in total. The van der Waals surface area contributed by atoms with Crippen LogP contribution in [-0.4, -0.2) is 35.2 Å². The SMILES string of the molecule is CCCCOC(=O)C1CSC(c2ccccc2Cl)N1C(=O)C1CCCC1.